The predicted molar refractivity (Wildman–Crippen MR) is 61.2 cm³/mol. The van der Waals surface area contributed by atoms with E-state index in [1.54, 1.807) is 0 Å². The number of alkyl halides is 3. The van der Waals surface area contributed by atoms with Gasteiger partial charge in [0.15, 0.2) is 0 Å². The Morgan fingerprint density at radius 1 is 1.37 bits per heavy atom. The topological polar surface area (TPSA) is 89.2 Å². The van der Waals surface area contributed by atoms with Gasteiger partial charge in [0.1, 0.15) is 6.10 Å². The van der Waals surface area contributed by atoms with Gasteiger partial charge in [0.2, 0.25) is 0 Å². The van der Waals surface area contributed by atoms with Gasteiger partial charge in [-0.05, 0) is 29.6 Å². The molecule has 0 saturated carbocycles. The van der Waals surface area contributed by atoms with Gasteiger partial charge in [-0.1, -0.05) is 17.2 Å². The van der Waals surface area contributed by atoms with Gasteiger partial charge in [-0.15, -0.1) is 0 Å². The van der Waals surface area contributed by atoms with E-state index in [0.29, 0.717) is 0 Å². The summed E-state index contributed by atoms with van der Waals surface area (Å²) in [5.74, 6) is 0. The molecule has 0 aliphatic rings. The molecule has 0 bridgehead atoms. The van der Waals surface area contributed by atoms with Crippen LogP contribution >= 0.6 is 0 Å². The van der Waals surface area contributed by atoms with E-state index < -0.39 is 30.5 Å². The number of hydrogen-bond acceptors (Lipinski definition) is 3. The molecule has 0 amide bonds. The van der Waals surface area contributed by atoms with Gasteiger partial charge in [-0.25, -0.2) is 0 Å². The van der Waals surface area contributed by atoms with Crippen molar-refractivity contribution >= 4 is 0 Å². The molecule has 2 N–H and O–H groups in total. The Labute approximate surface area is 106 Å². The SMILES string of the molecule is Cc1c(C(O)C(O)CN=[N+]=[N-])cccc1C(F)(F)F. The van der Waals surface area contributed by atoms with Gasteiger partial charge in [0.05, 0.1) is 18.2 Å². The molecule has 2 atom stereocenters. The van der Waals surface area contributed by atoms with E-state index in [0.717, 1.165) is 12.1 Å². The highest BCUT2D eigenvalue weighted by molar-refractivity contribution is 5.37. The molecule has 104 valence electrons. The fourth-order valence-electron chi connectivity index (χ4n) is 1.71. The van der Waals surface area contributed by atoms with Gasteiger partial charge in [0, 0.05) is 4.91 Å². The predicted octanol–water partition coefficient (Wildman–Crippen LogP) is 2.72. The number of aliphatic hydroxyl groups excluding tert-OH is 2. The molecule has 0 heterocycles. The largest absolute Gasteiger partial charge is 0.416 e. The summed E-state index contributed by atoms with van der Waals surface area (Å²) in [5, 5.41) is 22.4. The molecule has 0 radical (unpaired) electrons. The lowest BCUT2D eigenvalue weighted by Crippen LogP contribution is -2.23. The van der Waals surface area contributed by atoms with Crippen LogP contribution in [-0.2, 0) is 6.18 Å². The van der Waals surface area contributed by atoms with Gasteiger partial charge < -0.3 is 10.2 Å². The number of azide groups is 1. The average molecular weight is 275 g/mol. The second-order valence-electron chi connectivity index (χ2n) is 3.94. The van der Waals surface area contributed by atoms with Crippen molar-refractivity contribution in [2.24, 2.45) is 5.11 Å². The van der Waals surface area contributed by atoms with E-state index in [-0.39, 0.29) is 11.1 Å². The Balaban J connectivity index is 3.11. The monoisotopic (exact) mass is 275 g/mol. The molecular weight excluding hydrogens is 263 g/mol. The van der Waals surface area contributed by atoms with Gasteiger partial charge in [-0.3, -0.25) is 0 Å². The van der Waals surface area contributed by atoms with Crippen LogP contribution in [0.3, 0.4) is 0 Å². The quantitative estimate of drug-likeness (QED) is 0.502. The van der Waals surface area contributed by atoms with Crippen molar-refractivity contribution < 1.29 is 23.4 Å². The zero-order valence-electron chi connectivity index (χ0n) is 9.96. The molecule has 5 nitrogen and oxygen atoms in total. The molecule has 0 saturated heterocycles. The third kappa shape index (κ3) is 3.60. The molecule has 0 fully saturated rings. The number of hydrogen-bond donors (Lipinski definition) is 2. The molecule has 19 heavy (non-hydrogen) atoms. The Kier molecular flexibility index (Phi) is 4.77. The van der Waals surface area contributed by atoms with Crippen molar-refractivity contribution in [3.63, 3.8) is 0 Å². The van der Waals surface area contributed by atoms with Crippen LogP contribution < -0.4 is 0 Å². The highest BCUT2D eigenvalue weighted by atomic mass is 19.4. The van der Waals surface area contributed by atoms with Crippen LogP contribution in [0.1, 0.15) is 22.8 Å². The van der Waals surface area contributed by atoms with Crippen LogP contribution in [0.4, 0.5) is 13.2 Å². The number of aliphatic hydroxyl groups is 2. The van der Waals surface area contributed by atoms with Gasteiger partial charge in [0.25, 0.3) is 0 Å². The molecule has 1 aromatic carbocycles. The third-order valence-corrected chi connectivity index (χ3v) is 2.70. The summed E-state index contributed by atoms with van der Waals surface area (Å²) in [6.07, 6.45) is -7.54. The zero-order valence-corrected chi connectivity index (χ0v) is 9.96. The summed E-state index contributed by atoms with van der Waals surface area (Å²) in [6.45, 7) is 0.787. The molecule has 1 rings (SSSR count). The van der Waals surface area contributed by atoms with E-state index >= 15 is 0 Å². The Morgan fingerprint density at radius 3 is 2.53 bits per heavy atom. The van der Waals surface area contributed by atoms with Crippen LogP contribution in [0.25, 0.3) is 10.4 Å². The number of halogens is 3. The smallest absolute Gasteiger partial charge is 0.390 e. The summed E-state index contributed by atoms with van der Waals surface area (Å²) in [7, 11) is 0. The maximum Gasteiger partial charge on any atom is 0.416 e. The first kappa shape index (κ1) is 15.3. The van der Waals surface area contributed by atoms with E-state index in [1.165, 1.54) is 13.0 Å². The third-order valence-electron chi connectivity index (χ3n) is 2.70. The Bertz CT molecular complexity index is 498. The van der Waals surface area contributed by atoms with Crippen LogP contribution in [-0.4, -0.2) is 22.9 Å². The highest BCUT2D eigenvalue weighted by Gasteiger charge is 2.34. The molecule has 0 aromatic heterocycles. The second kappa shape index (κ2) is 5.92. The lowest BCUT2D eigenvalue weighted by Gasteiger charge is -2.20. The summed E-state index contributed by atoms with van der Waals surface area (Å²) >= 11 is 0. The van der Waals surface area contributed by atoms with Crippen LogP contribution in [0, 0.1) is 6.92 Å². The summed E-state index contributed by atoms with van der Waals surface area (Å²) in [5.41, 5.74) is 7.00. The summed E-state index contributed by atoms with van der Waals surface area (Å²) in [6, 6.07) is 3.33. The van der Waals surface area contributed by atoms with Gasteiger partial charge in [-0.2, -0.15) is 13.2 Å². The minimum atomic E-state index is -4.53. The van der Waals surface area contributed by atoms with Crippen molar-refractivity contribution in [3.8, 4) is 0 Å². The zero-order chi connectivity index (χ0) is 14.6. The van der Waals surface area contributed by atoms with E-state index in [2.05, 4.69) is 10.0 Å². The molecule has 2 unspecified atom stereocenters. The van der Waals surface area contributed by atoms with Crippen molar-refractivity contribution in [2.45, 2.75) is 25.3 Å². The summed E-state index contributed by atoms with van der Waals surface area (Å²) in [4.78, 5) is 2.40. The van der Waals surface area contributed by atoms with Crippen molar-refractivity contribution in [3.05, 3.63) is 45.3 Å². The molecule has 0 spiro atoms. The normalized spacial score (nSPS) is 14.6. The minimum Gasteiger partial charge on any atom is -0.390 e. The highest BCUT2D eigenvalue weighted by Crippen LogP contribution is 2.35. The number of nitrogens with zero attached hydrogens (tertiary/aromatic N) is 3. The lowest BCUT2D eigenvalue weighted by atomic mass is 9.95. The summed E-state index contributed by atoms with van der Waals surface area (Å²) < 4.78 is 38.1. The lowest BCUT2D eigenvalue weighted by molar-refractivity contribution is -0.138. The van der Waals surface area contributed by atoms with Gasteiger partial charge >= 0.3 is 6.18 Å². The minimum absolute atomic E-state index is 0.0459. The van der Waals surface area contributed by atoms with E-state index in [1.807, 2.05) is 0 Å². The van der Waals surface area contributed by atoms with E-state index in [4.69, 9.17) is 5.53 Å². The molecule has 8 heteroatoms. The van der Waals surface area contributed by atoms with Crippen molar-refractivity contribution in [1.82, 2.24) is 0 Å². The fraction of sp³-hybridized carbons (Fsp3) is 0.455. The second-order valence-corrected chi connectivity index (χ2v) is 3.94. The fourth-order valence-corrected chi connectivity index (χ4v) is 1.71. The maximum atomic E-state index is 12.7. The number of rotatable bonds is 4. The maximum absolute atomic E-state index is 12.7. The molecule has 1 aromatic rings. The Morgan fingerprint density at radius 2 is 2.00 bits per heavy atom. The first-order valence-electron chi connectivity index (χ1n) is 5.32. The molecular formula is C11H12F3N3O2. The average Bonchev–Trinajstić information content (AvgIpc) is 2.34. The number of benzene rings is 1. The molecule has 0 aliphatic carbocycles. The standard InChI is InChI=1S/C11H12F3N3O2/c1-6-7(10(19)9(18)5-16-17-15)3-2-4-8(6)11(12,13)14/h2-4,9-10,18-19H,5H2,1H3. The first-order valence-corrected chi connectivity index (χ1v) is 5.32. The van der Waals surface area contributed by atoms with Crippen molar-refractivity contribution in [1.29, 1.82) is 0 Å². The van der Waals surface area contributed by atoms with Crippen LogP contribution in [0.5, 0.6) is 0 Å². The van der Waals surface area contributed by atoms with Crippen LogP contribution in [0.2, 0.25) is 0 Å². The van der Waals surface area contributed by atoms with Crippen molar-refractivity contribution in [2.75, 3.05) is 6.54 Å². The van der Waals surface area contributed by atoms with Crippen LogP contribution in [0.15, 0.2) is 23.3 Å². The molecule has 0 aliphatic heterocycles. The Hall–Kier alpha value is -1.76. The van der Waals surface area contributed by atoms with E-state index in [9.17, 15) is 23.4 Å². The first-order chi connectivity index (χ1) is 8.79.